The van der Waals surface area contributed by atoms with Crippen LogP contribution in [-0.2, 0) is 9.53 Å². The Morgan fingerprint density at radius 3 is 2.70 bits per heavy atom. The smallest absolute Gasteiger partial charge is 0.280 e. The molecule has 2 saturated heterocycles. The molecular weight excluding hydrogens is 300 g/mol. The lowest BCUT2D eigenvalue weighted by atomic mass is 9.88. The second kappa shape index (κ2) is 7.25. The number of hydrogen-bond donors (Lipinski definition) is 0. The molecule has 1 atom stereocenters. The minimum Gasteiger partial charge on any atom is -0.381 e. The van der Waals surface area contributed by atoms with Gasteiger partial charge in [0.2, 0.25) is 5.91 Å². The van der Waals surface area contributed by atoms with E-state index in [0.29, 0.717) is 32.2 Å². The van der Waals surface area contributed by atoms with Crippen molar-refractivity contribution < 1.29 is 14.6 Å². The first-order chi connectivity index (χ1) is 11.1. The molecule has 1 unspecified atom stereocenters. The van der Waals surface area contributed by atoms with Crippen molar-refractivity contribution in [1.82, 2.24) is 9.80 Å². The van der Waals surface area contributed by atoms with Crippen LogP contribution < -0.4 is 0 Å². The first kappa shape index (κ1) is 16.2. The van der Waals surface area contributed by atoms with Crippen LogP contribution in [0.4, 0.5) is 0 Å². The Kier molecular flexibility index (Phi) is 5.09. The lowest BCUT2D eigenvalue weighted by molar-refractivity contribution is -0.486. The summed E-state index contributed by atoms with van der Waals surface area (Å²) in [6.45, 7) is 3.20. The van der Waals surface area contributed by atoms with E-state index in [1.165, 1.54) is 11.3 Å². The van der Waals surface area contributed by atoms with E-state index in [1.54, 1.807) is 0 Å². The zero-order valence-corrected chi connectivity index (χ0v) is 13.4. The van der Waals surface area contributed by atoms with E-state index in [1.807, 2.05) is 4.90 Å². The van der Waals surface area contributed by atoms with Gasteiger partial charge in [-0.2, -0.15) is 0 Å². The number of hydrazone groups is 1. The average molecular weight is 324 g/mol. The molecule has 2 heterocycles. The molecule has 1 saturated carbocycles. The summed E-state index contributed by atoms with van der Waals surface area (Å²) >= 11 is 0. The molecule has 0 bridgehead atoms. The van der Waals surface area contributed by atoms with Crippen molar-refractivity contribution in [3.63, 3.8) is 0 Å². The van der Waals surface area contributed by atoms with Gasteiger partial charge in [-0.15, -0.1) is 0 Å². The van der Waals surface area contributed by atoms with Crippen molar-refractivity contribution in [2.24, 2.45) is 16.9 Å². The van der Waals surface area contributed by atoms with Crippen LogP contribution in [0, 0.1) is 22.0 Å². The predicted octanol–water partition coefficient (Wildman–Crippen LogP) is 1.30. The van der Waals surface area contributed by atoms with Crippen LogP contribution >= 0.6 is 0 Å². The number of carbonyl (C=O) groups is 1. The standard InChI is InChI=1S/C15H24N4O4/c20-14(13-4-2-1-3-5-13)18-8-7-17(15(18)16-19(21)22)10-12-6-9-23-11-12/h12-13H,1-11H2. The highest BCUT2D eigenvalue weighted by molar-refractivity contribution is 5.99. The van der Waals surface area contributed by atoms with E-state index in [-0.39, 0.29) is 17.8 Å². The van der Waals surface area contributed by atoms with Crippen LogP contribution in [0.5, 0.6) is 0 Å². The molecule has 2 aliphatic heterocycles. The van der Waals surface area contributed by atoms with Gasteiger partial charge in [0.15, 0.2) is 5.03 Å². The van der Waals surface area contributed by atoms with Gasteiger partial charge in [0.05, 0.1) is 6.61 Å². The number of hydrogen-bond acceptors (Lipinski definition) is 4. The zero-order chi connectivity index (χ0) is 16.2. The topological polar surface area (TPSA) is 88.3 Å². The maximum absolute atomic E-state index is 12.7. The summed E-state index contributed by atoms with van der Waals surface area (Å²) in [5.74, 6) is 0.583. The fraction of sp³-hybridized carbons (Fsp3) is 0.867. The first-order valence-corrected chi connectivity index (χ1v) is 8.52. The Balaban J connectivity index is 1.71. The molecule has 1 aliphatic carbocycles. The number of nitrogens with zero attached hydrogens (tertiary/aromatic N) is 4. The van der Waals surface area contributed by atoms with Crippen LogP contribution in [0.2, 0.25) is 0 Å². The summed E-state index contributed by atoms with van der Waals surface area (Å²) in [5.41, 5.74) is 0. The predicted molar refractivity (Wildman–Crippen MR) is 83.2 cm³/mol. The minimum atomic E-state index is -0.694. The van der Waals surface area contributed by atoms with E-state index < -0.39 is 5.03 Å². The molecule has 3 fully saturated rings. The minimum absolute atomic E-state index is 0.00420. The molecule has 0 aromatic heterocycles. The normalized spacial score (nSPS) is 27.8. The summed E-state index contributed by atoms with van der Waals surface area (Å²) in [6, 6.07) is 0. The van der Waals surface area contributed by atoms with Gasteiger partial charge >= 0.3 is 0 Å². The Bertz CT molecular complexity index is 484. The van der Waals surface area contributed by atoms with E-state index in [2.05, 4.69) is 5.10 Å². The van der Waals surface area contributed by atoms with Crippen molar-refractivity contribution in [3.05, 3.63) is 10.1 Å². The lowest BCUT2D eigenvalue weighted by Crippen LogP contribution is -2.43. The highest BCUT2D eigenvalue weighted by Crippen LogP contribution is 2.27. The molecule has 1 amide bonds. The van der Waals surface area contributed by atoms with Crippen molar-refractivity contribution in [2.45, 2.75) is 38.5 Å². The van der Waals surface area contributed by atoms with Crippen LogP contribution in [0.3, 0.4) is 0 Å². The fourth-order valence-electron chi connectivity index (χ4n) is 3.77. The highest BCUT2D eigenvalue weighted by atomic mass is 16.7. The Morgan fingerprint density at radius 1 is 1.26 bits per heavy atom. The molecule has 8 nitrogen and oxygen atoms in total. The third-order valence-corrected chi connectivity index (χ3v) is 5.01. The number of ether oxygens (including phenoxy) is 1. The Hall–Kier alpha value is -1.70. The maximum atomic E-state index is 12.7. The van der Waals surface area contributed by atoms with Crippen molar-refractivity contribution in [1.29, 1.82) is 0 Å². The second-order valence-electron chi connectivity index (χ2n) is 6.64. The molecule has 0 aromatic carbocycles. The molecule has 0 aromatic rings. The van der Waals surface area contributed by atoms with Gasteiger partial charge in [-0.1, -0.05) is 19.3 Å². The second-order valence-corrected chi connectivity index (χ2v) is 6.64. The number of nitro groups is 1. The average Bonchev–Trinajstić information content (AvgIpc) is 3.18. The molecular formula is C15H24N4O4. The molecule has 3 rings (SSSR count). The van der Waals surface area contributed by atoms with E-state index >= 15 is 0 Å². The number of guanidine groups is 1. The fourth-order valence-corrected chi connectivity index (χ4v) is 3.77. The monoisotopic (exact) mass is 324 g/mol. The number of carbonyl (C=O) groups excluding carboxylic acids is 1. The van der Waals surface area contributed by atoms with Crippen LogP contribution in [0.15, 0.2) is 5.10 Å². The van der Waals surface area contributed by atoms with E-state index in [9.17, 15) is 14.9 Å². The summed E-state index contributed by atoms with van der Waals surface area (Å²) in [6.07, 6.45) is 6.03. The zero-order valence-electron chi connectivity index (χ0n) is 13.4. The molecule has 128 valence electrons. The molecule has 3 aliphatic rings. The number of rotatable bonds is 4. The van der Waals surface area contributed by atoms with E-state index in [4.69, 9.17) is 4.74 Å². The first-order valence-electron chi connectivity index (χ1n) is 8.52. The van der Waals surface area contributed by atoms with Gasteiger partial charge in [0.25, 0.3) is 5.96 Å². The van der Waals surface area contributed by atoms with Gasteiger partial charge in [0, 0.05) is 38.1 Å². The van der Waals surface area contributed by atoms with Crippen molar-refractivity contribution >= 4 is 11.9 Å². The van der Waals surface area contributed by atoms with Gasteiger partial charge in [-0.3, -0.25) is 9.69 Å². The van der Waals surface area contributed by atoms with Crippen LogP contribution in [0.25, 0.3) is 0 Å². The summed E-state index contributed by atoms with van der Waals surface area (Å²) in [4.78, 5) is 27.1. The summed E-state index contributed by atoms with van der Waals surface area (Å²) in [7, 11) is 0. The Morgan fingerprint density at radius 2 is 2.04 bits per heavy atom. The molecule has 0 radical (unpaired) electrons. The lowest BCUT2D eigenvalue weighted by Gasteiger charge is -2.26. The van der Waals surface area contributed by atoms with Gasteiger partial charge < -0.3 is 9.64 Å². The highest BCUT2D eigenvalue weighted by Gasteiger charge is 2.38. The molecule has 0 N–H and O–H groups in total. The maximum Gasteiger partial charge on any atom is 0.280 e. The molecule has 8 heteroatoms. The third kappa shape index (κ3) is 3.80. The third-order valence-electron chi connectivity index (χ3n) is 5.01. The van der Waals surface area contributed by atoms with Gasteiger partial charge in [-0.25, -0.2) is 10.1 Å². The van der Waals surface area contributed by atoms with Crippen LogP contribution in [-0.4, -0.2) is 59.5 Å². The van der Waals surface area contributed by atoms with Crippen molar-refractivity contribution in [3.8, 4) is 0 Å². The SMILES string of the molecule is O=C(C1CCCCC1)N1CCN(CC2CCOC2)C1=N[N+](=O)[O-]. The summed E-state index contributed by atoms with van der Waals surface area (Å²) < 4.78 is 5.37. The van der Waals surface area contributed by atoms with Crippen LogP contribution in [0.1, 0.15) is 38.5 Å². The van der Waals surface area contributed by atoms with Gasteiger partial charge in [-0.05, 0) is 19.3 Å². The van der Waals surface area contributed by atoms with Gasteiger partial charge in [0.1, 0.15) is 5.10 Å². The quantitative estimate of drug-likeness (QED) is 0.574. The largest absolute Gasteiger partial charge is 0.381 e. The molecule has 0 spiro atoms. The van der Waals surface area contributed by atoms with E-state index in [0.717, 1.165) is 38.7 Å². The number of amides is 1. The van der Waals surface area contributed by atoms with Crippen molar-refractivity contribution in [2.75, 3.05) is 32.8 Å². The Labute approximate surface area is 135 Å². The summed E-state index contributed by atoms with van der Waals surface area (Å²) in [5, 5.41) is 13.7. The molecule has 23 heavy (non-hydrogen) atoms.